The topological polar surface area (TPSA) is 66.8 Å². The number of amides is 1. The van der Waals surface area contributed by atoms with Gasteiger partial charge in [0.1, 0.15) is 5.75 Å². The minimum atomic E-state index is -0.855. The van der Waals surface area contributed by atoms with Crippen LogP contribution in [0, 0.1) is 12.3 Å². The fourth-order valence-corrected chi connectivity index (χ4v) is 2.57. The molecule has 0 radical (unpaired) electrons. The number of nitrogens with zero attached hydrogens (tertiary/aromatic N) is 1. The largest absolute Gasteiger partial charge is 0.496 e. The van der Waals surface area contributed by atoms with Crippen molar-refractivity contribution in [3.05, 3.63) is 35.4 Å². The summed E-state index contributed by atoms with van der Waals surface area (Å²) in [5, 5.41) is 9.21. The molecule has 5 heteroatoms. The van der Waals surface area contributed by atoms with E-state index >= 15 is 0 Å². The Hall–Kier alpha value is -2.30. The molecule has 0 bridgehead atoms. The van der Waals surface area contributed by atoms with E-state index in [0.29, 0.717) is 18.7 Å². The Balaban J connectivity index is 2.10. The lowest BCUT2D eigenvalue weighted by Crippen LogP contribution is -2.34. The maximum absolute atomic E-state index is 12.2. The first kappa shape index (κ1) is 16.1. The van der Waals surface area contributed by atoms with Gasteiger partial charge in [-0.15, -0.1) is 0 Å². The van der Waals surface area contributed by atoms with Crippen LogP contribution < -0.4 is 4.74 Å². The van der Waals surface area contributed by atoms with Crippen LogP contribution in [0.1, 0.15) is 24.5 Å². The molecule has 2 rings (SSSR count). The highest BCUT2D eigenvalue weighted by atomic mass is 16.5. The third-order valence-corrected chi connectivity index (χ3v) is 4.09. The molecule has 1 saturated heterocycles. The highest BCUT2D eigenvalue weighted by Gasteiger charge is 2.41. The van der Waals surface area contributed by atoms with Crippen LogP contribution in [0.5, 0.6) is 5.75 Å². The molecule has 1 heterocycles. The summed E-state index contributed by atoms with van der Waals surface area (Å²) in [5.41, 5.74) is 1.06. The van der Waals surface area contributed by atoms with Crippen molar-refractivity contribution in [2.24, 2.45) is 5.41 Å². The number of likely N-dealkylation sites (tertiary alicyclic amines) is 1. The fourth-order valence-electron chi connectivity index (χ4n) is 2.57. The Morgan fingerprint density at radius 1 is 1.41 bits per heavy atom. The van der Waals surface area contributed by atoms with Crippen molar-refractivity contribution in [2.75, 3.05) is 20.2 Å². The number of rotatable bonds is 4. The number of carbonyl (C=O) groups excluding carboxylic acids is 1. The molecule has 22 heavy (non-hydrogen) atoms. The maximum Gasteiger partial charge on any atom is 0.311 e. The molecule has 0 saturated carbocycles. The van der Waals surface area contributed by atoms with Gasteiger partial charge >= 0.3 is 5.97 Å². The van der Waals surface area contributed by atoms with Crippen LogP contribution in [0.3, 0.4) is 0 Å². The molecule has 1 atom stereocenters. The molecule has 118 valence electrons. The Bertz CT molecular complexity index is 623. The third-order valence-electron chi connectivity index (χ3n) is 4.09. The number of aryl methyl sites for hydroxylation is 1. The lowest BCUT2D eigenvalue weighted by Gasteiger charge is -2.19. The molecule has 0 spiro atoms. The number of ether oxygens (including phenoxy) is 1. The van der Waals surface area contributed by atoms with Crippen molar-refractivity contribution in [1.82, 2.24) is 4.90 Å². The molecule has 1 aliphatic heterocycles. The van der Waals surface area contributed by atoms with E-state index in [1.54, 1.807) is 25.0 Å². The van der Waals surface area contributed by atoms with E-state index in [0.717, 1.165) is 11.1 Å². The standard InChI is InChI=1S/C17H21NO4/c1-12-4-6-14(22-3)13(10-12)5-7-15(19)18-9-8-17(2,11-18)16(20)21/h4-7,10H,8-9,11H2,1-3H3,(H,20,21). The van der Waals surface area contributed by atoms with E-state index < -0.39 is 11.4 Å². The second-order valence-corrected chi connectivity index (χ2v) is 5.95. The van der Waals surface area contributed by atoms with E-state index in [9.17, 15) is 14.7 Å². The van der Waals surface area contributed by atoms with Gasteiger partial charge in [0.05, 0.1) is 12.5 Å². The van der Waals surface area contributed by atoms with Crippen molar-refractivity contribution >= 4 is 18.0 Å². The predicted molar refractivity (Wildman–Crippen MR) is 83.7 cm³/mol. The van der Waals surface area contributed by atoms with Crippen LogP contribution in [-0.2, 0) is 9.59 Å². The number of benzene rings is 1. The van der Waals surface area contributed by atoms with Crippen LogP contribution in [0.25, 0.3) is 6.08 Å². The highest BCUT2D eigenvalue weighted by molar-refractivity contribution is 5.93. The number of methoxy groups -OCH3 is 1. The first-order chi connectivity index (χ1) is 10.4. The Morgan fingerprint density at radius 2 is 2.14 bits per heavy atom. The van der Waals surface area contributed by atoms with Crippen molar-refractivity contribution < 1.29 is 19.4 Å². The molecule has 1 fully saturated rings. The lowest BCUT2D eigenvalue weighted by atomic mass is 9.90. The van der Waals surface area contributed by atoms with E-state index in [-0.39, 0.29) is 12.5 Å². The zero-order valence-corrected chi connectivity index (χ0v) is 13.1. The minimum absolute atomic E-state index is 0.173. The molecule has 1 aromatic carbocycles. The minimum Gasteiger partial charge on any atom is -0.496 e. The molecule has 0 aliphatic carbocycles. The summed E-state index contributed by atoms with van der Waals surface area (Å²) in [5.74, 6) is -0.327. The maximum atomic E-state index is 12.2. The summed E-state index contributed by atoms with van der Waals surface area (Å²) in [6, 6.07) is 5.74. The van der Waals surface area contributed by atoms with Gasteiger partial charge in [-0.1, -0.05) is 11.6 Å². The number of aliphatic carboxylic acids is 1. The lowest BCUT2D eigenvalue weighted by molar-refractivity contribution is -0.147. The number of hydrogen-bond acceptors (Lipinski definition) is 3. The first-order valence-corrected chi connectivity index (χ1v) is 7.21. The van der Waals surface area contributed by atoms with Crippen LogP contribution in [-0.4, -0.2) is 42.1 Å². The van der Waals surface area contributed by atoms with Gasteiger partial charge in [-0.3, -0.25) is 9.59 Å². The van der Waals surface area contributed by atoms with Gasteiger partial charge in [0.25, 0.3) is 0 Å². The molecule has 0 aromatic heterocycles. The molecule has 1 N–H and O–H groups in total. The Labute approximate surface area is 130 Å². The van der Waals surface area contributed by atoms with Gasteiger partial charge in [-0.25, -0.2) is 0 Å². The van der Waals surface area contributed by atoms with Gasteiger partial charge in [-0.2, -0.15) is 0 Å². The van der Waals surface area contributed by atoms with E-state index in [1.807, 2.05) is 25.1 Å². The number of carboxylic acid groups (broad SMARTS) is 1. The van der Waals surface area contributed by atoms with E-state index in [2.05, 4.69) is 0 Å². The molecule has 1 amide bonds. The second-order valence-electron chi connectivity index (χ2n) is 5.95. The van der Waals surface area contributed by atoms with Crippen molar-refractivity contribution in [3.63, 3.8) is 0 Å². The van der Waals surface area contributed by atoms with Gasteiger partial charge in [0.15, 0.2) is 0 Å². The summed E-state index contributed by atoms with van der Waals surface area (Å²) >= 11 is 0. The second kappa shape index (κ2) is 6.22. The van der Waals surface area contributed by atoms with Crippen molar-refractivity contribution in [1.29, 1.82) is 0 Å². The Morgan fingerprint density at radius 3 is 2.73 bits per heavy atom. The van der Waals surface area contributed by atoms with E-state index in [1.165, 1.54) is 6.08 Å². The molecule has 1 aromatic rings. The Kier molecular flexibility index (Phi) is 4.54. The fraction of sp³-hybridized carbons (Fsp3) is 0.412. The van der Waals surface area contributed by atoms with Crippen LogP contribution in [0.4, 0.5) is 0 Å². The van der Waals surface area contributed by atoms with Crippen LogP contribution >= 0.6 is 0 Å². The summed E-state index contributed by atoms with van der Waals surface area (Å²) in [4.78, 5) is 25.0. The first-order valence-electron chi connectivity index (χ1n) is 7.21. The summed E-state index contributed by atoms with van der Waals surface area (Å²) < 4.78 is 5.27. The van der Waals surface area contributed by atoms with Gasteiger partial charge in [-0.05, 0) is 38.5 Å². The molecule has 1 unspecified atom stereocenters. The molecule has 1 aliphatic rings. The molecular weight excluding hydrogens is 282 g/mol. The predicted octanol–water partition coefficient (Wildman–Crippen LogP) is 2.34. The normalized spacial score (nSPS) is 21.3. The summed E-state index contributed by atoms with van der Waals surface area (Å²) in [7, 11) is 1.59. The average molecular weight is 303 g/mol. The zero-order valence-electron chi connectivity index (χ0n) is 13.1. The SMILES string of the molecule is COc1ccc(C)cc1C=CC(=O)N1CCC(C)(C(=O)O)C1. The van der Waals surface area contributed by atoms with E-state index in [4.69, 9.17) is 4.74 Å². The van der Waals surface area contributed by atoms with Gasteiger partial charge in [0.2, 0.25) is 5.91 Å². The summed E-state index contributed by atoms with van der Waals surface area (Å²) in [6.07, 6.45) is 3.67. The smallest absolute Gasteiger partial charge is 0.311 e. The molecule has 5 nitrogen and oxygen atoms in total. The molecular formula is C17H21NO4. The quantitative estimate of drug-likeness (QED) is 0.867. The highest BCUT2D eigenvalue weighted by Crippen LogP contribution is 2.30. The van der Waals surface area contributed by atoms with Crippen LogP contribution in [0.15, 0.2) is 24.3 Å². The van der Waals surface area contributed by atoms with Crippen LogP contribution in [0.2, 0.25) is 0 Å². The van der Waals surface area contributed by atoms with Gasteiger partial charge in [0, 0.05) is 24.7 Å². The zero-order chi connectivity index (χ0) is 16.3. The average Bonchev–Trinajstić information content (AvgIpc) is 2.89. The van der Waals surface area contributed by atoms with Crippen molar-refractivity contribution in [2.45, 2.75) is 20.3 Å². The number of carboxylic acids is 1. The van der Waals surface area contributed by atoms with Gasteiger partial charge < -0.3 is 14.7 Å². The number of carbonyl (C=O) groups is 2. The monoisotopic (exact) mass is 303 g/mol. The number of hydrogen-bond donors (Lipinski definition) is 1. The van der Waals surface area contributed by atoms with Crippen molar-refractivity contribution in [3.8, 4) is 5.75 Å². The summed E-state index contributed by atoms with van der Waals surface area (Å²) in [6.45, 7) is 4.36. The third kappa shape index (κ3) is 3.30.